The first kappa shape index (κ1) is 107. The van der Waals surface area contributed by atoms with E-state index in [-0.39, 0.29) is 58.5 Å². The fourth-order valence-electron chi connectivity index (χ4n) is 15.5. The number of nitrogens with zero attached hydrogens (tertiary/aromatic N) is 8. The van der Waals surface area contributed by atoms with Crippen molar-refractivity contribution in [2.24, 2.45) is 7.05 Å². The Balaban J connectivity index is 0.000000201. The standard InChI is InChI=1S/C23H28BNO3.C21H30BN3O3.C20H32BNO5.C19H24BNO3.C14H23BN2O4S.CH4/c1-23(2)20-13-11-18(12-14-22(26)19-9-6-5-7-10-19)17-21(20)24(28-23)27-16-8-15-25(3)4;1-15-17(14-25(6)23-15)20(26)13-16-8-9-18-19(12-16)22(28-21(18,2)3)27-11-7-10-24(4)5;1-7-18(19(23)24-8-2)26-15-10-11-16-17(14-15)21(27-20(16,3)4)25-13-9-12-22(5)6;1-21(2)11-6-12-23-20-18-13-16(9-10-17(18)14-24-20)19(22)15-7-4-3-5-8-15;1-16(2)9-6-10-20-15-13-7-5-8-14(12(13)11-21-15)22(18,19)17(3)4;/h5-7,9-14,17H,8,15-16H2,1-4H3;8-9,12,14H,7,10-11,13H2,1-6H3;10-11,14,18H,7-9,12-13H2,1-6H3;3-5,7-10,13,19,22H,6,11-12,14H2,1-2H3;5,7-8H,6,9-11H2,1-4H3;1H4/b14-12+;;;;;. The van der Waals surface area contributed by atoms with Crippen molar-refractivity contribution >= 4 is 96.5 Å². The molecule has 2 unspecified atom stereocenters. The van der Waals surface area contributed by atoms with E-state index in [1.807, 2.05) is 184 Å². The Bertz CT molecular complexity index is 5060. The van der Waals surface area contributed by atoms with Crippen LogP contribution in [0.25, 0.3) is 6.08 Å². The number of aliphatic hydroxyl groups is 1. The van der Waals surface area contributed by atoms with E-state index < -0.39 is 47.7 Å². The summed E-state index contributed by atoms with van der Waals surface area (Å²) in [5.74, 6) is 0.353. The van der Waals surface area contributed by atoms with Gasteiger partial charge in [-0.05, 0) is 299 Å². The summed E-state index contributed by atoms with van der Waals surface area (Å²) in [5, 5.41) is 14.9. The van der Waals surface area contributed by atoms with Crippen molar-refractivity contribution in [1.29, 1.82) is 0 Å². The topological polar surface area (TPSA) is 254 Å². The van der Waals surface area contributed by atoms with Crippen LogP contribution in [0.1, 0.15) is 184 Å². The lowest BCUT2D eigenvalue weighted by atomic mass is 9.76. The number of rotatable bonds is 40. The molecule has 130 heavy (non-hydrogen) atoms. The second-order valence-electron chi connectivity index (χ2n) is 35.9. The molecule has 8 aromatic rings. The largest absolute Gasteiger partial charge is 0.495 e. The number of ether oxygens (including phenoxy) is 2. The molecule has 5 aliphatic rings. The number of ketones is 2. The normalized spacial score (nSPS) is 15.3. The summed E-state index contributed by atoms with van der Waals surface area (Å²) >= 11 is 0. The quantitative estimate of drug-likeness (QED) is 0.0123. The molecule has 702 valence electrons. The summed E-state index contributed by atoms with van der Waals surface area (Å²) in [5.41, 5.74) is 14.7. The molecule has 0 saturated heterocycles. The number of aromatic nitrogens is 2. The molecule has 5 aliphatic heterocycles. The van der Waals surface area contributed by atoms with Gasteiger partial charge in [-0.25, -0.2) is 17.5 Å². The summed E-state index contributed by atoms with van der Waals surface area (Å²) in [6.45, 7) is 27.0. The van der Waals surface area contributed by atoms with Crippen LogP contribution < -0.4 is 32.1 Å². The number of Topliss-reactive ketones (excluding diaryl/α,β-unsaturated/α-hetero) is 1. The zero-order valence-electron chi connectivity index (χ0n) is 80.2. The zero-order chi connectivity index (χ0) is 93.9. The number of benzene rings is 7. The Morgan fingerprint density at radius 1 is 0.531 bits per heavy atom. The molecule has 1 N–H and O–H groups in total. The number of carbonyl (C=O) groups is 3. The maximum Gasteiger partial charge on any atom is 0.495 e. The predicted molar refractivity (Wildman–Crippen MR) is 522 cm³/mol. The Morgan fingerprint density at radius 3 is 1.48 bits per heavy atom. The van der Waals surface area contributed by atoms with Crippen LogP contribution in [0, 0.1) is 6.92 Å². The Kier molecular flexibility index (Phi) is 41.7. The van der Waals surface area contributed by atoms with E-state index >= 15 is 0 Å². The van der Waals surface area contributed by atoms with Crippen LogP contribution in [0.3, 0.4) is 0 Å². The van der Waals surface area contributed by atoms with Gasteiger partial charge in [0.2, 0.25) is 10.0 Å². The van der Waals surface area contributed by atoms with Crippen LogP contribution in [0.5, 0.6) is 5.75 Å². The molecule has 0 radical (unpaired) electrons. The summed E-state index contributed by atoms with van der Waals surface area (Å²) < 4.78 is 98.1. The SMILES string of the molecule is C.CCOC(=O)C(CC)Oc1ccc2c(c1)B(OCCCN(C)C)OC2(C)C.CN(C)CCCOB1OC(C)(C)c2ccc(/C=C/C(=O)c3ccccc3)cc21.CN(C)CCCOB1OCc2c1cccc2S(=O)(=O)N(C)C.CN(C)CCCOB1OCc2ccc(C(O)c3ccccc3)cc21.Cc1nn(C)cc1C(=O)Cc1ccc2c(c1)B(OCCCN(C)C)OC2(C)C. The highest BCUT2D eigenvalue weighted by atomic mass is 32.2. The van der Waals surface area contributed by atoms with E-state index in [1.165, 1.54) is 18.4 Å². The van der Waals surface area contributed by atoms with Gasteiger partial charge in [0, 0.05) is 72.4 Å². The van der Waals surface area contributed by atoms with Crippen molar-refractivity contribution in [1.82, 2.24) is 38.6 Å². The van der Waals surface area contributed by atoms with Gasteiger partial charge in [-0.3, -0.25) is 14.3 Å². The molecule has 0 aliphatic carbocycles. The molecule has 0 saturated carbocycles. The van der Waals surface area contributed by atoms with Crippen LogP contribution in [-0.4, -0.2) is 268 Å². The lowest BCUT2D eigenvalue weighted by Gasteiger charge is -2.21. The van der Waals surface area contributed by atoms with Gasteiger partial charge >= 0.3 is 41.6 Å². The van der Waals surface area contributed by atoms with Crippen molar-refractivity contribution < 1.29 is 83.9 Å². The minimum absolute atomic E-state index is 0. The number of allylic oxidation sites excluding steroid dienone is 1. The number of esters is 1. The second-order valence-corrected chi connectivity index (χ2v) is 38.1. The lowest BCUT2D eigenvalue weighted by Crippen LogP contribution is -2.34. The zero-order valence-corrected chi connectivity index (χ0v) is 81.0. The van der Waals surface area contributed by atoms with E-state index in [2.05, 4.69) is 124 Å². The first-order valence-corrected chi connectivity index (χ1v) is 46.3. The number of fused-ring (bicyclic) bond motifs is 5. The van der Waals surface area contributed by atoms with Crippen LogP contribution in [-0.2, 0) is 110 Å². The van der Waals surface area contributed by atoms with E-state index in [1.54, 1.807) is 36.0 Å². The molecule has 1 aromatic heterocycles. The van der Waals surface area contributed by atoms with Crippen molar-refractivity contribution in [2.45, 2.75) is 162 Å². The van der Waals surface area contributed by atoms with Crippen molar-refractivity contribution in [3.63, 3.8) is 0 Å². The van der Waals surface area contributed by atoms with Gasteiger partial charge in [-0.15, -0.1) is 0 Å². The molecule has 13 rings (SSSR count). The molecule has 6 heterocycles. The van der Waals surface area contributed by atoms with Crippen molar-refractivity contribution in [3.05, 3.63) is 231 Å². The molecule has 26 nitrogen and oxygen atoms in total. The predicted octanol–water partition coefficient (Wildman–Crippen LogP) is 10.7. The van der Waals surface area contributed by atoms with Crippen molar-refractivity contribution in [3.8, 4) is 5.75 Å². The van der Waals surface area contributed by atoms with E-state index in [0.717, 1.165) is 142 Å². The Hall–Kier alpha value is -8.31. The number of aliphatic hydroxyl groups excluding tert-OH is 1. The molecule has 0 bridgehead atoms. The van der Waals surface area contributed by atoms with E-state index in [9.17, 15) is 27.9 Å². The molecule has 2 atom stereocenters. The fourth-order valence-corrected chi connectivity index (χ4v) is 16.7. The van der Waals surface area contributed by atoms with Gasteiger partial charge in [0.25, 0.3) is 0 Å². The summed E-state index contributed by atoms with van der Waals surface area (Å²) in [6, 6.07) is 48.3. The average molecular weight is 1810 g/mol. The number of hydrogen-bond donors (Lipinski definition) is 1. The fraction of sp³-hybridized carbons (Fsp3) is 0.490. The van der Waals surface area contributed by atoms with Gasteiger partial charge in [-0.2, -0.15) is 5.10 Å². The van der Waals surface area contributed by atoms with Crippen LogP contribution >= 0.6 is 0 Å². The number of sulfonamides is 1. The molecule has 32 heteroatoms. The van der Waals surface area contributed by atoms with E-state index in [0.29, 0.717) is 86.4 Å². The monoisotopic (exact) mass is 1810 g/mol. The highest BCUT2D eigenvalue weighted by Crippen LogP contribution is 2.36. The van der Waals surface area contributed by atoms with Crippen LogP contribution in [0.4, 0.5) is 0 Å². The third-order valence-corrected chi connectivity index (χ3v) is 24.3. The highest BCUT2D eigenvalue weighted by molar-refractivity contribution is 7.89. The maximum absolute atomic E-state index is 12.7. The summed E-state index contributed by atoms with van der Waals surface area (Å²) in [6.07, 6.45) is 9.59. The molecule has 0 amide bonds. The third kappa shape index (κ3) is 30.9. The molecular weight excluding hydrogens is 1660 g/mol. The average Bonchev–Trinajstić information content (AvgIpc) is 1.62. The molecular formula is C98H141B5N8O18S. The highest BCUT2D eigenvalue weighted by Gasteiger charge is 2.46. The van der Waals surface area contributed by atoms with Gasteiger partial charge in [0.05, 0.1) is 52.8 Å². The van der Waals surface area contributed by atoms with Gasteiger partial charge in [0.15, 0.2) is 17.7 Å². The van der Waals surface area contributed by atoms with Gasteiger partial charge in [-0.1, -0.05) is 154 Å². The minimum atomic E-state index is -3.47. The molecule has 0 fully saturated rings. The molecule has 0 spiro atoms. The van der Waals surface area contributed by atoms with E-state index in [4.69, 9.17) is 56.0 Å². The summed E-state index contributed by atoms with van der Waals surface area (Å²) in [7, 11) is 19.9. The Labute approximate surface area is 777 Å². The van der Waals surface area contributed by atoms with Gasteiger partial charge < -0.3 is 85.6 Å². The van der Waals surface area contributed by atoms with Crippen LogP contribution in [0.2, 0.25) is 0 Å². The number of aryl methyl sites for hydroxylation is 2. The first-order valence-electron chi connectivity index (χ1n) is 44.9. The molecule has 7 aromatic carbocycles. The second kappa shape index (κ2) is 50.7. The first-order chi connectivity index (χ1) is 61.3. The number of hydrogen-bond acceptors (Lipinski definition) is 24. The maximum atomic E-state index is 12.7. The Morgan fingerprint density at radius 2 is 1.00 bits per heavy atom. The van der Waals surface area contributed by atoms with Crippen LogP contribution in [0.15, 0.2) is 169 Å². The summed E-state index contributed by atoms with van der Waals surface area (Å²) in [4.78, 5) is 48.0. The minimum Gasteiger partial charge on any atom is -0.479 e. The van der Waals surface area contributed by atoms with Gasteiger partial charge in [0.1, 0.15) is 11.9 Å². The smallest absolute Gasteiger partial charge is 0.479 e. The van der Waals surface area contributed by atoms with Crippen molar-refractivity contribution in [2.75, 3.05) is 157 Å². The third-order valence-electron chi connectivity index (χ3n) is 22.4. The lowest BCUT2D eigenvalue weighted by molar-refractivity contribution is -0.151. The number of carbonyl (C=O) groups excluding carboxylic acids is 3.